The highest BCUT2D eigenvalue weighted by molar-refractivity contribution is 5.98. The minimum Gasteiger partial charge on any atom is -0.478 e. The summed E-state index contributed by atoms with van der Waals surface area (Å²) in [5.41, 5.74) is -3.16. The average molecular weight is 314 g/mol. The first-order valence-electron chi connectivity index (χ1n) is 5.96. The molecule has 0 unspecified atom stereocenters. The summed E-state index contributed by atoms with van der Waals surface area (Å²) in [4.78, 5) is 32.9. The van der Waals surface area contributed by atoms with E-state index in [-0.39, 0.29) is 5.56 Å². The van der Waals surface area contributed by atoms with Gasteiger partial charge in [-0.15, -0.1) is 0 Å². The number of carboxylic acids is 1. The molecule has 0 saturated carbocycles. The number of hydrogen-bond acceptors (Lipinski definition) is 7. The summed E-state index contributed by atoms with van der Waals surface area (Å²) in [7, 11) is 0. The van der Waals surface area contributed by atoms with Crippen LogP contribution < -0.4 is 5.32 Å². The Bertz CT molecular complexity index is 556. The van der Waals surface area contributed by atoms with E-state index in [1.165, 1.54) is 0 Å². The van der Waals surface area contributed by atoms with Crippen molar-refractivity contribution in [2.45, 2.75) is 5.54 Å². The highest BCUT2D eigenvalue weighted by atomic mass is 16.6. The number of non-ortho nitro benzene ring substituents is 1. The van der Waals surface area contributed by atoms with Crippen molar-refractivity contribution in [1.29, 1.82) is 0 Å². The Morgan fingerprint density at radius 3 is 2.00 bits per heavy atom. The number of aromatic carboxylic acids is 1. The molecule has 1 aromatic carbocycles. The zero-order valence-electron chi connectivity index (χ0n) is 11.2. The predicted octanol–water partition coefficient (Wildman–Crippen LogP) is -1.26. The Morgan fingerprint density at radius 2 is 1.59 bits per heavy atom. The monoisotopic (exact) mass is 314 g/mol. The number of benzene rings is 1. The van der Waals surface area contributed by atoms with E-state index < -0.39 is 53.4 Å². The van der Waals surface area contributed by atoms with Gasteiger partial charge < -0.3 is 25.7 Å². The van der Waals surface area contributed by atoms with Gasteiger partial charge in [-0.2, -0.15) is 0 Å². The lowest BCUT2D eigenvalue weighted by atomic mass is 10.0. The van der Waals surface area contributed by atoms with Crippen LogP contribution in [0.2, 0.25) is 0 Å². The van der Waals surface area contributed by atoms with E-state index >= 15 is 0 Å². The van der Waals surface area contributed by atoms with Crippen LogP contribution in [0.15, 0.2) is 18.2 Å². The first-order chi connectivity index (χ1) is 10.3. The molecule has 0 atom stereocenters. The number of nitrogens with zero attached hydrogens (tertiary/aromatic N) is 1. The fourth-order valence-corrected chi connectivity index (χ4v) is 1.55. The Morgan fingerprint density at radius 1 is 1.09 bits per heavy atom. The molecule has 0 bridgehead atoms. The summed E-state index contributed by atoms with van der Waals surface area (Å²) in [6, 6.07) is 2.54. The molecule has 0 saturated heterocycles. The van der Waals surface area contributed by atoms with E-state index in [0.717, 1.165) is 18.2 Å². The molecule has 0 aliphatic heterocycles. The molecule has 1 rings (SSSR count). The number of aliphatic hydroxyl groups excluding tert-OH is 3. The molecule has 1 aromatic rings. The molecule has 120 valence electrons. The van der Waals surface area contributed by atoms with Gasteiger partial charge in [0, 0.05) is 17.7 Å². The molecule has 0 fully saturated rings. The van der Waals surface area contributed by atoms with Crippen LogP contribution in [0.25, 0.3) is 0 Å². The summed E-state index contributed by atoms with van der Waals surface area (Å²) in [5, 5.41) is 49.1. The topological polar surface area (TPSA) is 170 Å². The van der Waals surface area contributed by atoms with Gasteiger partial charge in [0.15, 0.2) is 0 Å². The van der Waals surface area contributed by atoms with Gasteiger partial charge in [-0.1, -0.05) is 0 Å². The predicted molar refractivity (Wildman–Crippen MR) is 71.5 cm³/mol. The molecular weight excluding hydrogens is 300 g/mol. The van der Waals surface area contributed by atoms with Crippen molar-refractivity contribution >= 4 is 17.6 Å². The van der Waals surface area contributed by atoms with Gasteiger partial charge in [-0.25, -0.2) is 4.79 Å². The van der Waals surface area contributed by atoms with Gasteiger partial charge in [0.25, 0.3) is 11.6 Å². The highest BCUT2D eigenvalue weighted by Gasteiger charge is 2.31. The minimum absolute atomic E-state index is 0.355. The Labute approximate surface area is 123 Å². The third-order valence-corrected chi connectivity index (χ3v) is 2.92. The summed E-state index contributed by atoms with van der Waals surface area (Å²) in [5.74, 6) is -2.45. The summed E-state index contributed by atoms with van der Waals surface area (Å²) in [6.07, 6.45) is 0. The average Bonchev–Trinajstić information content (AvgIpc) is 2.52. The fourth-order valence-electron chi connectivity index (χ4n) is 1.55. The number of carbonyl (C=O) groups excluding carboxylic acids is 1. The van der Waals surface area contributed by atoms with E-state index in [9.17, 15) is 19.7 Å². The van der Waals surface area contributed by atoms with Crippen molar-refractivity contribution in [2.24, 2.45) is 0 Å². The van der Waals surface area contributed by atoms with Crippen molar-refractivity contribution in [3.05, 3.63) is 39.4 Å². The van der Waals surface area contributed by atoms with Crippen LogP contribution in [-0.2, 0) is 0 Å². The maximum atomic E-state index is 12.0. The largest absolute Gasteiger partial charge is 0.478 e. The number of nitrogens with one attached hydrogen (secondary N) is 1. The lowest BCUT2D eigenvalue weighted by Crippen LogP contribution is -2.57. The molecule has 10 heteroatoms. The number of carbonyl (C=O) groups is 2. The quantitative estimate of drug-likeness (QED) is 0.306. The van der Waals surface area contributed by atoms with Gasteiger partial charge in [0.05, 0.1) is 30.3 Å². The van der Waals surface area contributed by atoms with Gasteiger partial charge in [0.2, 0.25) is 0 Å². The lowest BCUT2D eigenvalue weighted by Gasteiger charge is -2.28. The van der Waals surface area contributed by atoms with Crippen LogP contribution in [0.3, 0.4) is 0 Å². The molecule has 22 heavy (non-hydrogen) atoms. The number of amides is 1. The van der Waals surface area contributed by atoms with Crippen molar-refractivity contribution in [1.82, 2.24) is 5.32 Å². The van der Waals surface area contributed by atoms with E-state index in [1.807, 2.05) is 0 Å². The number of nitro benzene ring substituents is 1. The molecule has 0 aliphatic carbocycles. The SMILES string of the molecule is O=C(O)c1cc(C(=O)NC(CO)(CO)CO)cc([N+](=O)[O-])c1. The molecule has 0 spiro atoms. The first kappa shape index (κ1) is 17.5. The summed E-state index contributed by atoms with van der Waals surface area (Å²) in [6.45, 7) is -2.36. The highest BCUT2D eigenvalue weighted by Crippen LogP contribution is 2.18. The number of nitro groups is 1. The minimum atomic E-state index is -1.73. The smallest absolute Gasteiger partial charge is 0.335 e. The standard InChI is InChI=1S/C12H14N2O8/c15-4-12(5-16,6-17)13-10(18)7-1-8(11(19)20)3-9(2-7)14(21)22/h1-3,15-17H,4-6H2,(H,13,18)(H,19,20). The first-order valence-corrected chi connectivity index (χ1v) is 5.96. The van der Waals surface area contributed by atoms with E-state index in [1.54, 1.807) is 0 Å². The van der Waals surface area contributed by atoms with Crippen LogP contribution in [0.4, 0.5) is 5.69 Å². The molecule has 10 nitrogen and oxygen atoms in total. The number of aliphatic hydroxyl groups is 3. The summed E-state index contributed by atoms with van der Waals surface area (Å²) < 4.78 is 0. The Balaban J connectivity index is 3.22. The number of hydrogen-bond donors (Lipinski definition) is 5. The Hall–Kier alpha value is -2.56. The maximum Gasteiger partial charge on any atom is 0.335 e. The van der Waals surface area contributed by atoms with Crippen LogP contribution >= 0.6 is 0 Å². The van der Waals surface area contributed by atoms with Crippen molar-refractivity contribution in [2.75, 3.05) is 19.8 Å². The molecule has 0 aromatic heterocycles. The molecular formula is C12H14N2O8. The van der Waals surface area contributed by atoms with E-state index in [4.69, 9.17) is 20.4 Å². The fraction of sp³-hybridized carbons (Fsp3) is 0.333. The zero-order chi connectivity index (χ0) is 16.9. The Kier molecular flexibility index (Phi) is 5.51. The van der Waals surface area contributed by atoms with E-state index in [0.29, 0.717) is 0 Å². The van der Waals surface area contributed by atoms with Crippen molar-refractivity contribution < 1.29 is 34.9 Å². The van der Waals surface area contributed by atoms with E-state index in [2.05, 4.69) is 5.32 Å². The second kappa shape index (κ2) is 6.93. The number of carboxylic acid groups (broad SMARTS) is 1. The normalized spacial score (nSPS) is 11.0. The molecule has 0 aliphatic rings. The summed E-state index contributed by atoms with van der Waals surface area (Å²) >= 11 is 0. The van der Waals surface area contributed by atoms with Crippen molar-refractivity contribution in [3.8, 4) is 0 Å². The molecule has 0 heterocycles. The van der Waals surface area contributed by atoms with Crippen LogP contribution in [0.5, 0.6) is 0 Å². The molecule has 1 amide bonds. The molecule has 5 N–H and O–H groups in total. The van der Waals surface area contributed by atoms with Gasteiger partial charge >= 0.3 is 5.97 Å². The second-order valence-electron chi connectivity index (χ2n) is 4.54. The van der Waals surface area contributed by atoms with Gasteiger partial charge in [-0.3, -0.25) is 14.9 Å². The molecule has 0 radical (unpaired) electrons. The third kappa shape index (κ3) is 3.75. The van der Waals surface area contributed by atoms with Crippen molar-refractivity contribution in [3.63, 3.8) is 0 Å². The number of rotatable bonds is 7. The third-order valence-electron chi connectivity index (χ3n) is 2.92. The van der Waals surface area contributed by atoms with Gasteiger partial charge in [-0.05, 0) is 6.07 Å². The van der Waals surface area contributed by atoms with Crippen LogP contribution in [-0.4, -0.2) is 62.6 Å². The van der Waals surface area contributed by atoms with Gasteiger partial charge in [0.1, 0.15) is 5.54 Å². The maximum absolute atomic E-state index is 12.0. The second-order valence-corrected chi connectivity index (χ2v) is 4.54. The lowest BCUT2D eigenvalue weighted by molar-refractivity contribution is -0.384. The van der Waals surface area contributed by atoms with Crippen LogP contribution in [0.1, 0.15) is 20.7 Å². The zero-order valence-corrected chi connectivity index (χ0v) is 11.2. The van der Waals surface area contributed by atoms with Crippen LogP contribution in [0, 0.1) is 10.1 Å².